The van der Waals surface area contributed by atoms with E-state index in [1.165, 1.54) is 6.20 Å². The zero-order valence-corrected chi connectivity index (χ0v) is 22.3. The van der Waals surface area contributed by atoms with Crippen molar-refractivity contribution < 1.29 is 28.3 Å². The lowest BCUT2D eigenvalue weighted by Crippen LogP contribution is -2.49. The summed E-state index contributed by atoms with van der Waals surface area (Å²) in [5.41, 5.74) is 1.27. The summed E-state index contributed by atoms with van der Waals surface area (Å²) < 4.78 is 16.7. The van der Waals surface area contributed by atoms with Crippen LogP contribution in [0.3, 0.4) is 0 Å². The van der Waals surface area contributed by atoms with Crippen molar-refractivity contribution in [2.75, 3.05) is 43.5 Å². The average molecular weight is 567 g/mol. The number of carbonyl (C=O) groups excluding carboxylic acids is 3. The molecule has 2 N–H and O–H groups in total. The maximum atomic E-state index is 13.5. The van der Waals surface area contributed by atoms with Gasteiger partial charge in [-0.15, -0.1) is 0 Å². The highest BCUT2D eigenvalue weighted by molar-refractivity contribution is 6.30. The number of furan rings is 1. The molecule has 3 aromatic rings. The summed E-state index contributed by atoms with van der Waals surface area (Å²) in [7, 11) is 0. The Kier molecular flexibility index (Phi) is 7.35. The van der Waals surface area contributed by atoms with Crippen molar-refractivity contribution in [3.8, 4) is 0 Å². The van der Waals surface area contributed by atoms with E-state index in [1.807, 2.05) is 4.90 Å². The summed E-state index contributed by atoms with van der Waals surface area (Å²) in [5, 5.41) is 6.03. The molecule has 0 atom stereocenters. The van der Waals surface area contributed by atoms with Crippen LogP contribution in [0.5, 0.6) is 0 Å². The molecule has 0 radical (unpaired) electrons. The summed E-state index contributed by atoms with van der Waals surface area (Å²) >= 11 is 5.91. The van der Waals surface area contributed by atoms with Gasteiger partial charge in [0.05, 0.1) is 18.2 Å². The van der Waals surface area contributed by atoms with Crippen LogP contribution in [0.15, 0.2) is 39.9 Å². The molecule has 0 unspecified atom stereocenters. The smallest absolute Gasteiger partial charge is 0.294 e. The Morgan fingerprint density at radius 1 is 1.05 bits per heavy atom. The first kappa shape index (κ1) is 26.2. The molecule has 40 heavy (non-hydrogen) atoms. The molecule has 2 aliphatic heterocycles. The van der Waals surface area contributed by atoms with Crippen molar-refractivity contribution >= 4 is 57.8 Å². The first-order valence-electron chi connectivity index (χ1n) is 13.2. The Morgan fingerprint density at radius 2 is 1.90 bits per heavy atom. The monoisotopic (exact) mass is 566 g/mol. The van der Waals surface area contributed by atoms with Crippen molar-refractivity contribution in [2.45, 2.75) is 31.7 Å². The van der Waals surface area contributed by atoms with Crippen LogP contribution in [-0.2, 0) is 19.1 Å². The van der Waals surface area contributed by atoms with Crippen LogP contribution in [0.1, 0.15) is 41.9 Å². The summed E-state index contributed by atoms with van der Waals surface area (Å²) in [6, 6.07) is 6.62. The number of aromatic nitrogens is 2. The minimum Gasteiger partial charge on any atom is -0.474 e. The highest BCUT2D eigenvalue weighted by Gasteiger charge is 2.34. The molecule has 3 aliphatic rings. The van der Waals surface area contributed by atoms with E-state index in [4.69, 9.17) is 25.5 Å². The Balaban J connectivity index is 1.24. The molecule has 1 saturated carbocycles. The van der Waals surface area contributed by atoms with E-state index in [9.17, 15) is 14.4 Å². The van der Waals surface area contributed by atoms with Gasteiger partial charge < -0.3 is 29.4 Å². The summed E-state index contributed by atoms with van der Waals surface area (Å²) in [5.74, 6) is -0.585. The minimum atomic E-state index is -0.603. The van der Waals surface area contributed by atoms with Gasteiger partial charge in [-0.05, 0) is 49.9 Å². The maximum absolute atomic E-state index is 13.5. The fourth-order valence-electron chi connectivity index (χ4n) is 5.28. The van der Waals surface area contributed by atoms with Crippen molar-refractivity contribution in [3.63, 3.8) is 0 Å². The van der Waals surface area contributed by atoms with Gasteiger partial charge in [0.15, 0.2) is 5.58 Å². The van der Waals surface area contributed by atoms with Crippen molar-refractivity contribution in [2.24, 2.45) is 10.9 Å². The first-order valence-corrected chi connectivity index (χ1v) is 13.6. The van der Waals surface area contributed by atoms with Gasteiger partial charge >= 0.3 is 0 Å². The number of amides is 3. The van der Waals surface area contributed by atoms with Crippen molar-refractivity contribution in [1.82, 2.24) is 14.9 Å². The topological polar surface area (TPSA) is 148 Å². The Bertz CT molecular complexity index is 1480. The first-order chi connectivity index (χ1) is 19.5. The second-order valence-corrected chi connectivity index (χ2v) is 10.3. The number of nitrogens with zero attached hydrogens (tertiary/aromatic N) is 4. The van der Waals surface area contributed by atoms with Gasteiger partial charge in [0, 0.05) is 24.7 Å². The highest BCUT2D eigenvalue weighted by Crippen LogP contribution is 2.34. The Morgan fingerprint density at radius 3 is 2.62 bits per heavy atom. The third-order valence-electron chi connectivity index (χ3n) is 7.29. The van der Waals surface area contributed by atoms with Gasteiger partial charge in [0.25, 0.3) is 5.91 Å². The van der Waals surface area contributed by atoms with E-state index in [0.717, 1.165) is 0 Å². The van der Waals surface area contributed by atoms with E-state index in [2.05, 4.69) is 25.6 Å². The number of carbonyl (C=O) groups is 3. The molecule has 6 rings (SSSR count). The summed E-state index contributed by atoms with van der Waals surface area (Å²) in [4.78, 5) is 53.9. The number of fused-ring (bicyclic) bond motifs is 1. The van der Waals surface area contributed by atoms with Gasteiger partial charge in [-0.3, -0.25) is 14.4 Å². The van der Waals surface area contributed by atoms with Crippen LogP contribution in [0, 0.1) is 5.92 Å². The highest BCUT2D eigenvalue weighted by atomic mass is 35.5. The number of pyridine rings is 2. The fraction of sp³-hybridized carbons (Fsp3) is 0.407. The molecule has 0 aromatic carbocycles. The third-order valence-corrected chi connectivity index (χ3v) is 7.52. The molecule has 3 aromatic heterocycles. The van der Waals surface area contributed by atoms with Crippen LogP contribution in [-0.4, -0.2) is 77.4 Å². The standard InChI is InChI=1S/C27H27ClN6O6/c28-16-3-8-20(30-13-16)32-26(37)24-23(22-19(40-24)7-6-18(31-22)27-29-9-11-39-27)33-25(36)15-1-4-17(5-2-15)34-10-12-38-14-21(34)35/h3,6-8,13,15,17H,1-2,4-5,9-12,14H2,(H,33,36)(H,30,32,37). The van der Waals surface area contributed by atoms with E-state index in [0.29, 0.717) is 79.7 Å². The zero-order chi connectivity index (χ0) is 27.6. The normalized spacial score (nSPS) is 21.2. The molecule has 12 nitrogen and oxygen atoms in total. The molecule has 1 aliphatic carbocycles. The molecular weight excluding hydrogens is 540 g/mol. The van der Waals surface area contributed by atoms with Crippen LogP contribution < -0.4 is 10.6 Å². The number of hydrogen-bond acceptors (Lipinski definition) is 9. The lowest BCUT2D eigenvalue weighted by atomic mass is 9.84. The lowest BCUT2D eigenvalue weighted by Gasteiger charge is -2.38. The van der Waals surface area contributed by atoms with Crippen molar-refractivity contribution in [3.05, 3.63) is 46.9 Å². The van der Waals surface area contributed by atoms with Crippen molar-refractivity contribution in [1.29, 1.82) is 0 Å². The molecule has 5 heterocycles. The van der Waals surface area contributed by atoms with Gasteiger partial charge in [-0.1, -0.05) is 11.6 Å². The number of ether oxygens (including phenoxy) is 2. The van der Waals surface area contributed by atoms with Crippen LogP contribution in [0.25, 0.3) is 11.1 Å². The number of halogens is 1. The van der Waals surface area contributed by atoms with E-state index in [1.54, 1.807) is 24.3 Å². The number of aliphatic imine (C=N–C) groups is 1. The van der Waals surface area contributed by atoms with E-state index < -0.39 is 5.91 Å². The SMILES string of the molecule is O=C(Nc1ccc(Cl)cn1)c1oc2ccc(C3=NCCO3)nc2c1NC(=O)C1CCC(N2CCOCC2=O)CC1. The zero-order valence-electron chi connectivity index (χ0n) is 21.5. The third kappa shape index (κ3) is 5.36. The maximum Gasteiger partial charge on any atom is 0.294 e. The van der Waals surface area contributed by atoms with Crippen LogP contribution >= 0.6 is 11.6 Å². The second-order valence-electron chi connectivity index (χ2n) is 9.83. The Hall–Kier alpha value is -4.03. The molecule has 0 spiro atoms. The largest absolute Gasteiger partial charge is 0.474 e. The molecule has 208 valence electrons. The number of rotatable bonds is 6. The predicted octanol–water partition coefficient (Wildman–Crippen LogP) is 3.26. The molecule has 0 bridgehead atoms. The molecule has 1 saturated heterocycles. The lowest BCUT2D eigenvalue weighted by molar-refractivity contribution is -0.146. The van der Waals surface area contributed by atoms with Crippen LogP contribution in [0.4, 0.5) is 11.5 Å². The predicted molar refractivity (Wildman–Crippen MR) is 145 cm³/mol. The Labute approximate surface area is 234 Å². The van der Waals surface area contributed by atoms with Gasteiger partial charge in [-0.25, -0.2) is 15.0 Å². The quantitative estimate of drug-likeness (QED) is 0.462. The molecular formula is C27H27ClN6O6. The minimum absolute atomic E-state index is 0.00687. The molecule has 13 heteroatoms. The number of nitrogens with one attached hydrogen (secondary N) is 2. The molecule has 2 fully saturated rings. The van der Waals surface area contributed by atoms with Crippen LogP contribution in [0.2, 0.25) is 5.02 Å². The number of anilines is 2. The summed E-state index contributed by atoms with van der Waals surface area (Å²) in [6.07, 6.45) is 4.05. The molecule has 3 amide bonds. The van der Waals surface area contributed by atoms with Gasteiger partial charge in [0.1, 0.15) is 35.9 Å². The average Bonchev–Trinajstić information content (AvgIpc) is 3.63. The summed E-state index contributed by atoms with van der Waals surface area (Å²) in [6.45, 7) is 2.21. The second kappa shape index (κ2) is 11.2. The van der Waals surface area contributed by atoms with E-state index >= 15 is 0 Å². The number of hydrogen-bond donors (Lipinski definition) is 2. The van der Waals surface area contributed by atoms with Gasteiger partial charge in [0.2, 0.25) is 23.5 Å². The van der Waals surface area contributed by atoms with E-state index in [-0.39, 0.29) is 47.6 Å². The van der Waals surface area contributed by atoms with Gasteiger partial charge in [-0.2, -0.15) is 0 Å². The fourth-order valence-corrected chi connectivity index (χ4v) is 5.39. The number of morpholine rings is 1.